The Morgan fingerprint density at radius 1 is 1.39 bits per heavy atom. The molecule has 0 aromatic carbocycles. The van der Waals surface area contributed by atoms with Gasteiger partial charge in [0, 0.05) is 31.4 Å². The van der Waals surface area contributed by atoms with Gasteiger partial charge in [-0.15, -0.1) is 0 Å². The Morgan fingerprint density at radius 2 is 2.25 bits per heavy atom. The van der Waals surface area contributed by atoms with E-state index in [-0.39, 0.29) is 17.7 Å². The highest BCUT2D eigenvalue weighted by molar-refractivity contribution is 6.30. The highest BCUT2D eigenvalue weighted by Gasteiger charge is 2.33. The predicted molar refractivity (Wildman–Crippen MR) is 103 cm³/mol. The van der Waals surface area contributed by atoms with Crippen LogP contribution in [0.15, 0.2) is 12.4 Å². The van der Waals surface area contributed by atoms with Crippen LogP contribution in [0.2, 0.25) is 5.02 Å². The van der Waals surface area contributed by atoms with E-state index >= 15 is 0 Å². The minimum Gasteiger partial charge on any atom is -0.349 e. The Kier molecular flexibility index (Phi) is 5.36. The average Bonchev–Trinajstić information content (AvgIpc) is 3.40. The lowest BCUT2D eigenvalue weighted by molar-refractivity contribution is -0.136. The van der Waals surface area contributed by atoms with Gasteiger partial charge in [0.1, 0.15) is 0 Å². The van der Waals surface area contributed by atoms with Gasteiger partial charge in [0.05, 0.1) is 35.9 Å². The van der Waals surface area contributed by atoms with Gasteiger partial charge in [0.25, 0.3) is 5.91 Å². The number of carbonyl (C=O) groups excluding carboxylic acids is 2. The Labute approximate surface area is 168 Å². The second-order valence-electron chi connectivity index (χ2n) is 7.46. The summed E-state index contributed by atoms with van der Waals surface area (Å²) in [6.45, 7) is 3.86. The van der Waals surface area contributed by atoms with Crippen molar-refractivity contribution in [3.05, 3.63) is 34.4 Å². The molecule has 0 spiro atoms. The van der Waals surface area contributed by atoms with E-state index in [1.807, 2.05) is 11.9 Å². The summed E-state index contributed by atoms with van der Waals surface area (Å²) in [6.07, 6.45) is 4.82. The van der Waals surface area contributed by atoms with Gasteiger partial charge in [-0.25, -0.2) is 0 Å². The van der Waals surface area contributed by atoms with E-state index in [1.54, 1.807) is 17.1 Å². The van der Waals surface area contributed by atoms with Crippen molar-refractivity contribution in [1.29, 1.82) is 0 Å². The first-order chi connectivity index (χ1) is 13.5. The molecule has 2 aliphatic rings. The maximum Gasteiger partial charge on any atom is 0.272 e. The van der Waals surface area contributed by atoms with Crippen molar-refractivity contribution in [1.82, 2.24) is 35.1 Å². The van der Waals surface area contributed by atoms with Crippen LogP contribution >= 0.6 is 11.6 Å². The Morgan fingerprint density at radius 3 is 2.96 bits per heavy atom. The second kappa shape index (κ2) is 7.92. The molecule has 1 fully saturated rings. The van der Waals surface area contributed by atoms with Gasteiger partial charge in [-0.2, -0.15) is 10.2 Å². The minimum atomic E-state index is -0.215. The lowest BCUT2D eigenvalue weighted by Crippen LogP contribution is -2.40. The zero-order valence-electron chi connectivity index (χ0n) is 15.8. The summed E-state index contributed by atoms with van der Waals surface area (Å²) in [6, 6.07) is 0. The molecule has 4 rings (SSSR count). The van der Waals surface area contributed by atoms with Crippen LogP contribution in [0.4, 0.5) is 0 Å². The summed E-state index contributed by atoms with van der Waals surface area (Å²) in [5.41, 5.74) is 2.18. The molecule has 1 unspecified atom stereocenters. The molecule has 0 saturated carbocycles. The van der Waals surface area contributed by atoms with Gasteiger partial charge in [0.2, 0.25) is 5.91 Å². The molecule has 1 atom stereocenters. The van der Waals surface area contributed by atoms with Crippen molar-refractivity contribution in [3.8, 4) is 0 Å². The van der Waals surface area contributed by atoms with Crippen LogP contribution < -0.4 is 5.32 Å². The molecule has 2 N–H and O–H groups in total. The van der Waals surface area contributed by atoms with E-state index in [9.17, 15) is 9.59 Å². The molecule has 0 bridgehead atoms. The monoisotopic (exact) mass is 405 g/mol. The van der Waals surface area contributed by atoms with Crippen molar-refractivity contribution in [2.75, 3.05) is 33.2 Å². The molecule has 2 amide bonds. The summed E-state index contributed by atoms with van der Waals surface area (Å²) in [5.74, 6) is 0.0643. The van der Waals surface area contributed by atoms with E-state index in [0.29, 0.717) is 43.3 Å². The average molecular weight is 406 g/mol. The van der Waals surface area contributed by atoms with E-state index in [4.69, 9.17) is 11.6 Å². The lowest BCUT2D eigenvalue weighted by atomic mass is 10.0. The summed E-state index contributed by atoms with van der Waals surface area (Å²) < 4.78 is 1.67. The quantitative estimate of drug-likeness (QED) is 0.755. The van der Waals surface area contributed by atoms with Crippen molar-refractivity contribution >= 4 is 23.4 Å². The van der Waals surface area contributed by atoms with E-state index in [2.05, 4.69) is 25.5 Å². The van der Waals surface area contributed by atoms with Crippen LogP contribution in [0, 0.1) is 5.92 Å². The first-order valence-electron chi connectivity index (χ1n) is 9.51. The van der Waals surface area contributed by atoms with Gasteiger partial charge in [-0.05, 0) is 26.4 Å². The highest BCUT2D eigenvalue weighted by Crippen LogP contribution is 2.24. The molecule has 4 heterocycles. The number of rotatable bonds is 5. The standard InChI is InChI=1S/C18H24ClN7O2/c1-24-5-2-12(9-24)18(28)25-6-3-14-15(11-25)22-23-16(14)17(27)20-4-7-26-10-13(19)8-21-26/h8,10,12H,2-7,9,11H2,1H3,(H,20,27)(H,22,23). The number of amides is 2. The molecule has 2 aromatic rings. The number of hydrogen-bond acceptors (Lipinski definition) is 5. The summed E-state index contributed by atoms with van der Waals surface area (Å²) in [7, 11) is 2.04. The third kappa shape index (κ3) is 3.90. The number of aromatic amines is 1. The van der Waals surface area contributed by atoms with Crippen molar-refractivity contribution in [2.45, 2.75) is 25.9 Å². The molecule has 2 aliphatic heterocycles. The maximum absolute atomic E-state index is 12.7. The first-order valence-corrected chi connectivity index (χ1v) is 9.88. The summed E-state index contributed by atoms with van der Waals surface area (Å²) in [5, 5.41) is 14.7. The van der Waals surface area contributed by atoms with Crippen LogP contribution in [0.3, 0.4) is 0 Å². The molecular formula is C18H24ClN7O2. The van der Waals surface area contributed by atoms with Crippen LogP contribution in [-0.4, -0.2) is 74.8 Å². The van der Waals surface area contributed by atoms with Crippen LogP contribution in [-0.2, 0) is 24.3 Å². The second-order valence-corrected chi connectivity index (χ2v) is 7.90. The normalized spacial score (nSPS) is 19.6. The van der Waals surface area contributed by atoms with Gasteiger partial charge in [-0.1, -0.05) is 11.6 Å². The number of hydrogen-bond donors (Lipinski definition) is 2. The largest absolute Gasteiger partial charge is 0.349 e. The van der Waals surface area contributed by atoms with E-state index < -0.39 is 0 Å². The van der Waals surface area contributed by atoms with Gasteiger partial charge < -0.3 is 15.1 Å². The molecule has 28 heavy (non-hydrogen) atoms. The van der Waals surface area contributed by atoms with Crippen LogP contribution in [0.5, 0.6) is 0 Å². The molecule has 0 radical (unpaired) electrons. The molecular weight excluding hydrogens is 382 g/mol. The van der Waals surface area contributed by atoms with Gasteiger partial charge in [-0.3, -0.25) is 19.4 Å². The van der Waals surface area contributed by atoms with Gasteiger partial charge >= 0.3 is 0 Å². The van der Waals surface area contributed by atoms with Crippen molar-refractivity contribution in [3.63, 3.8) is 0 Å². The highest BCUT2D eigenvalue weighted by atomic mass is 35.5. The first kappa shape index (κ1) is 18.9. The summed E-state index contributed by atoms with van der Waals surface area (Å²) in [4.78, 5) is 29.3. The molecule has 2 aromatic heterocycles. The smallest absolute Gasteiger partial charge is 0.272 e. The van der Waals surface area contributed by atoms with Crippen LogP contribution in [0.1, 0.15) is 28.2 Å². The van der Waals surface area contributed by atoms with Crippen molar-refractivity contribution < 1.29 is 9.59 Å². The Hall–Kier alpha value is -2.39. The molecule has 150 valence electrons. The molecule has 0 aliphatic carbocycles. The minimum absolute atomic E-state index is 0.0769. The Bertz CT molecular complexity index is 877. The third-order valence-electron chi connectivity index (χ3n) is 5.43. The SMILES string of the molecule is CN1CCC(C(=O)N2CCc3c(C(=O)NCCn4cc(Cl)cn4)n[nH]c3C2)C1. The fourth-order valence-corrected chi connectivity index (χ4v) is 4.07. The number of fused-ring (bicyclic) bond motifs is 1. The fourth-order valence-electron chi connectivity index (χ4n) is 3.92. The zero-order chi connectivity index (χ0) is 19.7. The number of H-pyrrole nitrogens is 1. The van der Waals surface area contributed by atoms with Gasteiger partial charge in [0.15, 0.2) is 5.69 Å². The number of likely N-dealkylation sites (tertiary alicyclic amines) is 1. The fraction of sp³-hybridized carbons (Fsp3) is 0.556. The van der Waals surface area contributed by atoms with Crippen LogP contribution in [0.25, 0.3) is 0 Å². The zero-order valence-corrected chi connectivity index (χ0v) is 16.6. The molecule has 9 nitrogen and oxygen atoms in total. The Balaban J connectivity index is 1.34. The number of carbonyl (C=O) groups is 2. The number of aromatic nitrogens is 4. The predicted octanol–water partition coefficient (Wildman–Crippen LogP) is 0.526. The summed E-state index contributed by atoms with van der Waals surface area (Å²) >= 11 is 5.83. The molecule has 10 heteroatoms. The third-order valence-corrected chi connectivity index (χ3v) is 5.62. The number of nitrogens with zero attached hydrogens (tertiary/aromatic N) is 5. The lowest BCUT2D eigenvalue weighted by Gasteiger charge is -2.29. The van der Waals surface area contributed by atoms with Crippen molar-refractivity contribution in [2.24, 2.45) is 5.92 Å². The van der Waals surface area contributed by atoms with E-state index in [0.717, 1.165) is 30.8 Å². The maximum atomic E-state index is 12.7. The number of nitrogens with one attached hydrogen (secondary N) is 2. The molecule has 1 saturated heterocycles. The van der Waals surface area contributed by atoms with E-state index in [1.165, 1.54) is 0 Å². The topological polar surface area (TPSA) is 99.2 Å². The number of halogens is 1.